The Morgan fingerprint density at radius 3 is 2.69 bits per heavy atom. The Bertz CT molecular complexity index is 1290. The average Bonchev–Trinajstić information content (AvgIpc) is 3.25. The van der Waals surface area contributed by atoms with E-state index in [1.54, 1.807) is 19.5 Å². The minimum absolute atomic E-state index is 0.480. The van der Waals surface area contributed by atoms with Gasteiger partial charge in [-0.15, -0.1) is 0 Å². The van der Waals surface area contributed by atoms with Crippen molar-refractivity contribution in [1.29, 1.82) is 0 Å². The molecule has 1 spiro atoms. The number of hydrogen-bond acceptors (Lipinski definition) is 7. The monoisotopic (exact) mass is 487 g/mol. The molecule has 188 valence electrons. The first-order valence-corrected chi connectivity index (χ1v) is 12.8. The molecule has 0 unspecified atom stereocenters. The Morgan fingerprint density at radius 1 is 1.06 bits per heavy atom. The van der Waals surface area contributed by atoms with E-state index < -0.39 is 0 Å². The van der Waals surface area contributed by atoms with Crippen molar-refractivity contribution in [2.24, 2.45) is 5.41 Å². The van der Waals surface area contributed by atoms with Crippen LogP contribution in [-0.2, 0) is 11.2 Å². The fraction of sp³-hybridized carbons (Fsp3) is 0.448. The second-order valence-electron chi connectivity index (χ2n) is 10.3. The summed E-state index contributed by atoms with van der Waals surface area (Å²) in [5.41, 5.74) is 4.82. The molecule has 4 heterocycles. The number of fused-ring (bicyclic) bond motifs is 2. The maximum atomic E-state index is 6.24. The van der Waals surface area contributed by atoms with Crippen molar-refractivity contribution in [3.63, 3.8) is 0 Å². The van der Waals surface area contributed by atoms with Gasteiger partial charge in [-0.1, -0.05) is 11.6 Å². The molecule has 3 aliphatic rings. The van der Waals surface area contributed by atoms with Crippen LogP contribution in [0.5, 0.6) is 23.0 Å². The summed E-state index contributed by atoms with van der Waals surface area (Å²) in [5.74, 6) is 2.81. The first-order valence-electron chi connectivity index (χ1n) is 12.8. The maximum Gasteiger partial charge on any atom is 0.163 e. The lowest BCUT2D eigenvalue weighted by atomic mass is 9.77. The fourth-order valence-electron chi connectivity index (χ4n) is 5.42. The number of rotatable bonds is 8. The Kier molecular flexibility index (Phi) is 6.27. The second kappa shape index (κ2) is 9.71. The van der Waals surface area contributed by atoms with E-state index >= 15 is 0 Å². The fourth-order valence-corrected chi connectivity index (χ4v) is 5.42. The number of benzene rings is 1. The van der Waals surface area contributed by atoms with Crippen molar-refractivity contribution in [3.8, 4) is 23.0 Å². The summed E-state index contributed by atoms with van der Waals surface area (Å²) < 4.78 is 23.5. The molecule has 0 saturated carbocycles. The first kappa shape index (κ1) is 23.3. The van der Waals surface area contributed by atoms with E-state index in [9.17, 15) is 0 Å². The summed E-state index contributed by atoms with van der Waals surface area (Å²) in [6.07, 6.45) is 10.1. The molecule has 0 N–H and O–H groups in total. The van der Waals surface area contributed by atoms with Crippen LogP contribution in [0.1, 0.15) is 37.4 Å². The number of pyridine rings is 2. The molecule has 1 aliphatic carbocycles. The molecular weight excluding hydrogens is 454 g/mol. The van der Waals surface area contributed by atoms with Crippen LogP contribution in [0.4, 0.5) is 0 Å². The maximum absolute atomic E-state index is 6.24. The van der Waals surface area contributed by atoms with Gasteiger partial charge in [0.05, 0.1) is 44.3 Å². The summed E-state index contributed by atoms with van der Waals surface area (Å²) in [4.78, 5) is 11.7. The van der Waals surface area contributed by atoms with Gasteiger partial charge in [-0.05, 0) is 63.0 Å². The average molecular weight is 488 g/mol. The van der Waals surface area contributed by atoms with Gasteiger partial charge in [0.1, 0.15) is 11.5 Å². The van der Waals surface area contributed by atoms with Gasteiger partial charge in [-0.3, -0.25) is 9.97 Å². The Labute approximate surface area is 212 Å². The van der Waals surface area contributed by atoms with Crippen LogP contribution in [0.2, 0.25) is 0 Å². The van der Waals surface area contributed by atoms with E-state index in [0.29, 0.717) is 35.0 Å². The third kappa shape index (κ3) is 4.65. The lowest BCUT2D eigenvalue weighted by molar-refractivity contribution is -0.139. The zero-order valence-electron chi connectivity index (χ0n) is 21.1. The van der Waals surface area contributed by atoms with Gasteiger partial charge in [-0.2, -0.15) is 0 Å². The van der Waals surface area contributed by atoms with Crippen molar-refractivity contribution in [2.45, 2.75) is 32.6 Å². The van der Waals surface area contributed by atoms with Crippen LogP contribution in [0, 0.1) is 5.41 Å². The SMILES string of the molecule is COc1cc2c(Oc3cnc4c(c3)C=C(C)C4)ccnc2cc1OCCCN1CCC2(CC1)COC2. The highest BCUT2D eigenvalue weighted by molar-refractivity contribution is 5.88. The molecule has 2 fully saturated rings. The molecule has 0 atom stereocenters. The van der Waals surface area contributed by atoms with Crippen LogP contribution >= 0.6 is 0 Å². The van der Waals surface area contributed by atoms with Gasteiger partial charge >= 0.3 is 0 Å². The van der Waals surface area contributed by atoms with E-state index in [-0.39, 0.29) is 0 Å². The lowest BCUT2D eigenvalue weighted by Gasteiger charge is -2.47. The Hall–Kier alpha value is -3.16. The minimum atomic E-state index is 0.480. The quantitative estimate of drug-likeness (QED) is 0.401. The van der Waals surface area contributed by atoms with E-state index in [2.05, 4.69) is 27.9 Å². The third-order valence-electron chi connectivity index (χ3n) is 7.65. The molecule has 6 rings (SSSR count). The van der Waals surface area contributed by atoms with Crippen LogP contribution in [0.3, 0.4) is 0 Å². The Balaban J connectivity index is 1.11. The summed E-state index contributed by atoms with van der Waals surface area (Å²) in [7, 11) is 1.66. The summed E-state index contributed by atoms with van der Waals surface area (Å²) >= 11 is 0. The molecule has 7 nitrogen and oxygen atoms in total. The highest BCUT2D eigenvalue weighted by Gasteiger charge is 2.40. The Morgan fingerprint density at radius 2 is 1.92 bits per heavy atom. The smallest absolute Gasteiger partial charge is 0.163 e. The van der Waals surface area contributed by atoms with Crippen LogP contribution in [0.15, 0.2) is 42.2 Å². The summed E-state index contributed by atoms with van der Waals surface area (Å²) in [6.45, 7) is 8.03. The van der Waals surface area contributed by atoms with Gasteiger partial charge in [0.2, 0.25) is 0 Å². The van der Waals surface area contributed by atoms with Crippen LogP contribution < -0.4 is 14.2 Å². The van der Waals surface area contributed by atoms with E-state index in [4.69, 9.17) is 18.9 Å². The van der Waals surface area contributed by atoms with Crippen molar-refractivity contribution in [2.75, 3.05) is 46.6 Å². The van der Waals surface area contributed by atoms with E-state index in [0.717, 1.165) is 67.8 Å². The largest absolute Gasteiger partial charge is 0.493 e. The van der Waals surface area contributed by atoms with E-state index in [1.165, 1.54) is 18.4 Å². The van der Waals surface area contributed by atoms with Gasteiger partial charge < -0.3 is 23.8 Å². The predicted octanol–water partition coefficient (Wildman–Crippen LogP) is 5.27. The molecule has 2 saturated heterocycles. The van der Waals surface area contributed by atoms with Crippen molar-refractivity contribution in [3.05, 3.63) is 53.5 Å². The highest BCUT2D eigenvalue weighted by atomic mass is 16.5. The van der Waals surface area contributed by atoms with Gasteiger partial charge in [0.25, 0.3) is 0 Å². The van der Waals surface area contributed by atoms with E-state index in [1.807, 2.05) is 24.3 Å². The van der Waals surface area contributed by atoms with Crippen LogP contribution in [0.25, 0.3) is 17.0 Å². The van der Waals surface area contributed by atoms with Crippen molar-refractivity contribution in [1.82, 2.24) is 14.9 Å². The normalized spacial score (nSPS) is 18.6. The molecule has 7 heteroatoms. The molecule has 0 radical (unpaired) electrons. The van der Waals surface area contributed by atoms with Crippen LogP contribution in [-0.4, -0.2) is 61.4 Å². The number of piperidine rings is 1. The zero-order valence-corrected chi connectivity index (χ0v) is 21.1. The predicted molar refractivity (Wildman–Crippen MR) is 139 cm³/mol. The molecule has 2 aromatic heterocycles. The number of allylic oxidation sites excluding steroid dienone is 1. The number of methoxy groups -OCH3 is 1. The number of nitrogens with zero attached hydrogens (tertiary/aromatic N) is 3. The molecular formula is C29H33N3O4. The molecule has 36 heavy (non-hydrogen) atoms. The van der Waals surface area contributed by atoms with Gasteiger partial charge in [-0.25, -0.2) is 0 Å². The number of ether oxygens (including phenoxy) is 4. The minimum Gasteiger partial charge on any atom is -0.493 e. The van der Waals surface area contributed by atoms with Gasteiger partial charge in [0, 0.05) is 36.0 Å². The summed E-state index contributed by atoms with van der Waals surface area (Å²) in [6, 6.07) is 7.80. The number of aromatic nitrogens is 2. The molecule has 3 aromatic rings. The topological polar surface area (TPSA) is 65.9 Å². The highest BCUT2D eigenvalue weighted by Crippen LogP contribution is 2.39. The molecule has 1 aromatic carbocycles. The second-order valence-corrected chi connectivity index (χ2v) is 10.3. The van der Waals surface area contributed by atoms with Crippen molar-refractivity contribution >= 4 is 17.0 Å². The third-order valence-corrected chi connectivity index (χ3v) is 7.65. The van der Waals surface area contributed by atoms with Gasteiger partial charge in [0.15, 0.2) is 11.5 Å². The first-order chi connectivity index (χ1) is 17.6. The number of hydrogen-bond donors (Lipinski definition) is 0. The number of likely N-dealkylation sites (tertiary alicyclic amines) is 1. The molecule has 0 bridgehead atoms. The lowest BCUT2D eigenvalue weighted by Crippen LogP contribution is -2.51. The molecule has 0 amide bonds. The summed E-state index contributed by atoms with van der Waals surface area (Å²) in [5, 5.41) is 0.871. The standard InChI is InChI=1S/C29H33N3O4/c1-20-12-21-14-22(17-31-24(21)13-20)36-26-4-7-30-25-16-28(27(33-2)15-23(25)26)35-11-3-8-32-9-5-29(6-10-32)18-34-19-29/h4,7,12,14-17H,3,5-6,8-11,13,18-19H2,1-2H3. The molecule has 2 aliphatic heterocycles. The van der Waals surface area contributed by atoms with Crippen molar-refractivity contribution < 1.29 is 18.9 Å². The zero-order chi connectivity index (χ0) is 24.5.